The number of rotatable bonds is 3. The summed E-state index contributed by atoms with van der Waals surface area (Å²) in [6.45, 7) is 4.08. The Morgan fingerprint density at radius 1 is 1.25 bits per heavy atom. The van der Waals surface area contributed by atoms with Crippen molar-refractivity contribution >= 4 is 11.9 Å². The highest BCUT2D eigenvalue weighted by Gasteiger charge is 2.36. The average molecular weight is 280 g/mol. The van der Waals surface area contributed by atoms with Crippen molar-refractivity contribution in [2.45, 2.75) is 32.2 Å². The molecule has 0 radical (unpaired) electrons. The Morgan fingerprint density at radius 2 is 1.90 bits per heavy atom. The summed E-state index contributed by atoms with van der Waals surface area (Å²) in [5.41, 5.74) is 0. The summed E-state index contributed by atoms with van der Waals surface area (Å²) in [6.07, 6.45) is 5.70. The van der Waals surface area contributed by atoms with Gasteiger partial charge in [-0.3, -0.25) is 9.59 Å². The number of hydrogen-bond donors (Lipinski definition) is 2. The van der Waals surface area contributed by atoms with Gasteiger partial charge in [0.2, 0.25) is 5.91 Å². The van der Waals surface area contributed by atoms with Crippen LogP contribution in [-0.4, -0.2) is 48.1 Å². The van der Waals surface area contributed by atoms with E-state index in [1.54, 1.807) is 0 Å². The first-order chi connectivity index (χ1) is 9.49. The lowest BCUT2D eigenvalue weighted by molar-refractivity contribution is -0.147. The minimum Gasteiger partial charge on any atom is -0.481 e. The number of piperidine rings is 1. The molecule has 0 spiro atoms. The molecule has 112 valence electrons. The van der Waals surface area contributed by atoms with Gasteiger partial charge in [-0.25, -0.2) is 0 Å². The molecule has 0 aromatic rings. The molecule has 5 heteroatoms. The SMILES string of the molecule is CC1CN(C)CCC1NC(=O)[C@@H]1CC=CC[C@@H]1C(=O)O. The number of carboxylic acid groups (broad SMARTS) is 1. The van der Waals surface area contributed by atoms with Gasteiger partial charge < -0.3 is 15.3 Å². The van der Waals surface area contributed by atoms with Gasteiger partial charge in [-0.2, -0.15) is 0 Å². The van der Waals surface area contributed by atoms with E-state index in [-0.39, 0.29) is 11.9 Å². The first-order valence-electron chi connectivity index (χ1n) is 7.35. The molecule has 2 N–H and O–H groups in total. The van der Waals surface area contributed by atoms with Crippen LogP contribution in [0.25, 0.3) is 0 Å². The molecule has 20 heavy (non-hydrogen) atoms. The summed E-state index contributed by atoms with van der Waals surface area (Å²) in [5.74, 6) is -1.57. The number of amides is 1. The Morgan fingerprint density at radius 3 is 2.50 bits per heavy atom. The summed E-state index contributed by atoms with van der Waals surface area (Å²) in [7, 11) is 2.08. The van der Waals surface area contributed by atoms with Crippen molar-refractivity contribution in [1.29, 1.82) is 0 Å². The molecule has 1 aliphatic heterocycles. The van der Waals surface area contributed by atoms with E-state index in [0.717, 1.165) is 19.5 Å². The fourth-order valence-electron chi connectivity index (χ4n) is 3.24. The predicted molar refractivity (Wildman–Crippen MR) is 76.2 cm³/mol. The maximum atomic E-state index is 12.4. The van der Waals surface area contributed by atoms with Crippen LogP contribution in [0.5, 0.6) is 0 Å². The van der Waals surface area contributed by atoms with Crippen molar-refractivity contribution in [3.63, 3.8) is 0 Å². The minimum atomic E-state index is -0.870. The lowest BCUT2D eigenvalue weighted by Gasteiger charge is -2.36. The lowest BCUT2D eigenvalue weighted by Crippen LogP contribution is -2.51. The number of nitrogens with one attached hydrogen (secondary N) is 1. The van der Waals surface area contributed by atoms with Gasteiger partial charge in [0.15, 0.2) is 0 Å². The second-order valence-electron chi connectivity index (χ2n) is 6.14. The van der Waals surface area contributed by atoms with Crippen molar-refractivity contribution < 1.29 is 14.7 Å². The van der Waals surface area contributed by atoms with Gasteiger partial charge in [-0.1, -0.05) is 19.1 Å². The summed E-state index contributed by atoms with van der Waals surface area (Å²) >= 11 is 0. The molecule has 2 rings (SSSR count). The largest absolute Gasteiger partial charge is 0.481 e. The zero-order valence-electron chi connectivity index (χ0n) is 12.2. The van der Waals surface area contributed by atoms with Crippen LogP contribution in [0.2, 0.25) is 0 Å². The smallest absolute Gasteiger partial charge is 0.307 e. The molecule has 1 heterocycles. The number of carbonyl (C=O) groups excluding carboxylic acids is 1. The number of likely N-dealkylation sites (tertiary alicyclic amines) is 1. The number of hydrogen-bond acceptors (Lipinski definition) is 3. The van der Waals surface area contributed by atoms with E-state index in [0.29, 0.717) is 18.8 Å². The number of carboxylic acids is 1. The van der Waals surface area contributed by atoms with Gasteiger partial charge in [-0.15, -0.1) is 0 Å². The van der Waals surface area contributed by atoms with Gasteiger partial charge in [0, 0.05) is 12.6 Å². The summed E-state index contributed by atoms with van der Waals surface area (Å²) in [4.78, 5) is 25.9. The highest BCUT2D eigenvalue weighted by molar-refractivity contribution is 5.85. The van der Waals surface area contributed by atoms with E-state index in [1.807, 2.05) is 12.2 Å². The lowest BCUT2D eigenvalue weighted by atomic mass is 9.82. The second-order valence-corrected chi connectivity index (χ2v) is 6.14. The molecule has 0 aromatic heterocycles. The van der Waals surface area contributed by atoms with E-state index < -0.39 is 17.8 Å². The van der Waals surface area contributed by atoms with Gasteiger partial charge in [-0.05, 0) is 38.8 Å². The monoisotopic (exact) mass is 280 g/mol. The van der Waals surface area contributed by atoms with Crippen molar-refractivity contribution in [3.8, 4) is 0 Å². The van der Waals surface area contributed by atoms with Crippen molar-refractivity contribution in [2.24, 2.45) is 17.8 Å². The highest BCUT2D eigenvalue weighted by Crippen LogP contribution is 2.27. The molecular weight excluding hydrogens is 256 g/mol. The van der Waals surface area contributed by atoms with Crippen molar-refractivity contribution in [1.82, 2.24) is 10.2 Å². The molecule has 0 saturated carbocycles. The minimum absolute atomic E-state index is 0.0943. The molecule has 1 aliphatic carbocycles. The van der Waals surface area contributed by atoms with Crippen LogP contribution in [0.1, 0.15) is 26.2 Å². The molecular formula is C15H24N2O3. The van der Waals surface area contributed by atoms with E-state index in [4.69, 9.17) is 0 Å². The third-order valence-electron chi connectivity index (χ3n) is 4.52. The van der Waals surface area contributed by atoms with E-state index in [1.165, 1.54) is 0 Å². The molecule has 2 aliphatic rings. The summed E-state index contributed by atoms with van der Waals surface area (Å²) < 4.78 is 0. The number of allylic oxidation sites excluding steroid dienone is 2. The van der Waals surface area contributed by atoms with E-state index in [2.05, 4.69) is 24.2 Å². The Balaban J connectivity index is 1.96. The summed E-state index contributed by atoms with van der Waals surface area (Å²) in [6, 6.07) is 0.166. The Hall–Kier alpha value is -1.36. The topological polar surface area (TPSA) is 69.6 Å². The number of carbonyl (C=O) groups is 2. The van der Waals surface area contributed by atoms with Gasteiger partial charge in [0.25, 0.3) is 0 Å². The predicted octanol–water partition coefficient (Wildman–Crippen LogP) is 1.11. The van der Waals surface area contributed by atoms with Crippen molar-refractivity contribution in [2.75, 3.05) is 20.1 Å². The van der Waals surface area contributed by atoms with Crippen LogP contribution in [0.3, 0.4) is 0 Å². The highest BCUT2D eigenvalue weighted by atomic mass is 16.4. The zero-order chi connectivity index (χ0) is 14.7. The molecule has 0 bridgehead atoms. The van der Waals surface area contributed by atoms with Crippen LogP contribution in [0, 0.1) is 17.8 Å². The molecule has 0 aromatic carbocycles. The molecule has 5 nitrogen and oxygen atoms in total. The van der Waals surface area contributed by atoms with Gasteiger partial charge in [0.1, 0.15) is 0 Å². The van der Waals surface area contributed by atoms with Crippen LogP contribution in [0.15, 0.2) is 12.2 Å². The fourth-order valence-corrected chi connectivity index (χ4v) is 3.24. The Labute approximate surface area is 120 Å². The standard InChI is InChI=1S/C15H24N2O3/c1-10-9-17(2)8-7-13(10)16-14(18)11-5-3-4-6-12(11)15(19)20/h3-4,10-13H,5-9H2,1-2H3,(H,16,18)(H,19,20)/t10?,11-,12+,13?/m1/s1. The van der Waals surface area contributed by atoms with Gasteiger partial charge in [0.05, 0.1) is 11.8 Å². The Kier molecular flexibility index (Phi) is 4.81. The quantitative estimate of drug-likeness (QED) is 0.760. The van der Waals surface area contributed by atoms with E-state index >= 15 is 0 Å². The maximum Gasteiger partial charge on any atom is 0.307 e. The van der Waals surface area contributed by atoms with Crippen molar-refractivity contribution in [3.05, 3.63) is 12.2 Å². The van der Waals surface area contributed by atoms with Gasteiger partial charge >= 0.3 is 5.97 Å². The van der Waals surface area contributed by atoms with Crippen LogP contribution in [0.4, 0.5) is 0 Å². The zero-order valence-corrected chi connectivity index (χ0v) is 12.2. The molecule has 1 amide bonds. The second kappa shape index (κ2) is 6.39. The molecule has 1 fully saturated rings. The first-order valence-corrected chi connectivity index (χ1v) is 7.35. The third-order valence-corrected chi connectivity index (χ3v) is 4.52. The van der Waals surface area contributed by atoms with Crippen LogP contribution < -0.4 is 5.32 Å². The number of aliphatic carboxylic acids is 1. The number of nitrogens with zero attached hydrogens (tertiary/aromatic N) is 1. The van der Waals surface area contributed by atoms with E-state index in [9.17, 15) is 14.7 Å². The van der Waals surface area contributed by atoms with Crippen LogP contribution in [-0.2, 0) is 9.59 Å². The molecule has 2 unspecified atom stereocenters. The summed E-state index contributed by atoms with van der Waals surface area (Å²) in [5, 5.41) is 12.3. The Bertz CT molecular complexity index is 408. The maximum absolute atomic E-state index is 12.4. The van der Waals surface area contributed by atoms with Crippen LogP contribution >= 0.6 is 0 Å². The first kappa shape index (κ1) is 15.0. The molecule has 1 saturated heterocycles. The molecule has 4 atom stereocenters. The average Bonchev–Trinajstić information content (AvgIpc) is 2.41. The third kappa shape index (κ3) is 3.39. The fraction of sp³-hybridized carbons (Fsp3) is 0.733. The normalized spacial score (nSPS) is 34.7.